The second kappa shape index (κ2) is 5.93. The lowest BCUT2D eigenvalue weighted by atomic mass is 9.95. The van der Waals surface area contributed by atoms with Gasteiger partial charge >= 0.3 is 0 Å². The summed E-state index contributed by atoms with van der Waals surface area (Å²) in [5.41, 5.74) is 0.958. The third-order valence-corrected chi connectivity index (χ3v) is 3.53. The Kier molecular flexibility index (Phi) is 4.28. The number of benzene rings is 1. The van der Waals surface area contributed by atoms with E-state index in [4.69, 9.17) is 0 Å². The Hall–Kier alpha value is -1.46. The number of nitro benzene ring substituents is 1. The molecule has 0 aromatic heterocycles. The molecule has 18 heavy (non-hydrogen) atoms. The number of hydrogen-bond donors (Lipinski definition) is 2. The molecular formula is C13H19N3O2. The van der Waals surface area contributed by atoms with Crippen LogP contribution >= 0.6 is 0 Å². The fourth-order valence-corrected chi connectivity index (χ4v) is 2.40. The van der Waals surface area contributed by atoms with Crippen molar-refractivity contribution in [2.24, 2.45) is 5.92 Å². The zero-order chi connectivity index (χ0) is 13.0. The summed E-state index contributed by atoms with van der Waals surface area (Å²) >= 11 is 0. The molecule has 2 unspecified atom stereocenters. The molecule has 1 fully saturated rings. The highest BCUT2D eigenvalue weighted by atomic mass is 16.6. The van der Waals surface area contributed by atoms with E-state index in [1.165, 1.54) is 0 Å². The number of nitrogens with zero attached hydrogens (tertiary/aromatic N) is 1. The summed E-state index contributed by atoms with van der Waals surface area (Å²) in [7, 11) is 0. The van der Waals surface area contributed by atoms with Crippen LogP contribution in [0.2, 0.25) is 0 Å². The van der Waals surface area contributed by atoms with Crippen LogP contribution < -0.4 is 10.6 Å². The summed E-state index contributed by atoms with van der Waals surface area (Å²) in [4.78, 5) is 10.6. The Morgan fingerprint density at radius 3 is 3.00 bits per heavy atom. The minimum atomic E-state index is -0.317. The standard InChI is InChI=1S/C13H19N3O2/c1-10-8-14-7-6-12(10)15-9-11-4-2-3-5-13(11)16(17)18/h2-5,10,12,14-15H,6-9H2,1H3. The average molecular weight is 249 g/mol. The summed E-state index contributed by atoms with van der Waals surface area (Å²) in [5.74, 6) is 0.557. The summed E-state index contributed by atoms with van der Waals surface area (Å²) in [6.45, 7) is 4.78. The number of nitrogens with one attached hydrogen (secondary N) is 2. The van der Waals surface area contributed by atoms with Crippen molar-refractivity contribution in [3.63, 3.8) is 0 Å². The minimum Gasteiger partial charge on any atom is -0.316 e. The number of para-hydroxylation sites is 1. The maximum Gasteiger partial charge on any atom is 0.273 e. The number of hydrogen-bond acceptors (Lipinski definition) is 4. The van der Waals surface area contributed by atoms with Gasteiger partial charge in [-0.05, 0) is 25.4 Å². The van der Waals surface area contributed by atoms with Gasteiger partial charge in [0.1, 0.15) is 0 Å². The first kappa shape index (κ1) is 13.0. The fourth-order valence-electron chi connectivity index (χ4n) is 2.40. The van der Waals surface area contributed by atoms with Gasteiger partial charge in [0.15, 0.2) is 0 Å². The van der Waals surface area contributed by atoms with E-state index in [2.05, 4.69) is 17.6 Å². The highest BCUT2D eigenvalue weighted by molar-refractivity contribution is 5.39. The van der Waals surface area contributed by atoms with Gasteiger partial charge < -0.3 is 10.6 Å². The van der Waals surface area contributed by atoms with Gasteiger partial charge in [-0.15, -0.1) is 0 Å². The van der Waals surface area contributed by atoms with Gasteiger partial charge in [-0.25, -0.2) is 0 Å². The topological polar surface area (TPSA) is 67.2 Å². The zero-order valence-corrected chi connectivity index (χ0v) is 10.6. The van der Waals surface area contributed by atoms with Crippen molar-refractivity contribution in [3.05, 3.63) is 39.9 Å². The SMILES string of the molecule is CC1CNCCC1NCc1ccccc1[N+](=O)[O-]. The molecule has 5 heteroatoms. The molecular weight excluding hydrogens is 230 g/mol. The van der Waals surface area contributed by atoms with Crippen molar-refractivity contribution < 1.29 is 4.92 Å². The predicted molar refractivity (Wildman–Crippen MR) is 70.4 cm³/mol. The lowest BCUT2D eigenvalue weighted by Gasteiger charge is -2.30. The van der Waals surface area contributed by atoms with Gasteiger partial charge in [0.2, 0.25) is 0 Å². The van der Waals surface area contributed by atoms with Crippen LogP contribution in [0.3, 0.4) is 0 Å². The van der Waals surface area contributed by atoms with Gasteiger partial charge in [-0.3, -0.25) is 10.1 Å². The summed E-state index contributed by atoms with van der Waals surface area (Å²) in [5, 5.41) is 17.7. The number of rotatable bonds is 4. The van der Waals surface area contributed by atoms with E-state index in [0.29, 0.717) is 18.5 Å². The molecule has 0 aliphatic carbocycles. The Morgan fingerprint density at radius 2 is 2.28 bits per heavy atom. The van der Waals surface area contributed by atoms with Crippen molar-refractivity contribution in [1.29, 1.82) is 0 Å². The van der Waals surface area contributed by atoms with Crippen molar-refractivity contribution in [3.8, 4) is 0 Å². The zero-order valence-electron chi connectivity index (χ0n) is 10.6. The molecule has 1 aromatic carbocycles. The van der Waals surface area contributed by atoms with E-state index in [9.17, 15) is 10.1 Å². The van der Waals surface area contributed by atoms with Crippen LogP contribution in [0, 0.1) is 16.0 Å². The molecule has 2 atom stereocenters. The van der Waals surface area contributed by atoms with Gasteiger partial charge in [0, 0.05) is 24.2 Å². The molecule has 1 aliphatic rings. The lowest BCUT2D eigenvalue weighted by Crippen LogP contribution is -2.46. The predicted octanol–water partition coefficient (Wildman–Crippen LogP) is 1.68. The van der Waals surface area contributed by atoms with E-state index < -0.39 is 0 Å². The fraction of sp³-hybridized carbons (Fsp3) is 0.538. The van der Waals surface area contributed by atoms with Gasteiger partial charge in [-0.2, -0.15) is 0 Å². The number of nitro groups is 1. The Morgan fingerprint density at radius 1 is 1.50 bits per heavy atom. The van der Waals surface area contributed by atoms with Gasteiger partial charge in [0.05, 0.1) is 4.92 Å². The monoisotopic (exact) mass is 249 g/mol. The van der Waals surface area contributed by atoms with E-state index in [1.54, 1.807) is 12.1 Å². The molecule has 0 amide bonds. The molecule has 1 aromatic rings. The third kappa shape index (κ3) is 3.05. The maximum atomic E-state index is 10.9. The second-order valence-electron chi connectivity index (χ2n) is 4.84. The number of piperidine rings is 1. The maximum absolute atomic E-state index is 10.9. The lowest BCUT2D eigenvalue weighted by molar-refractivity contribution is -0.385. The molecule has 0 spiro atoms. The minimum absolute atomic E-state index is 0.201. The summed E-state index contributed by atoms with van der Waals surface area (Å²) in [6, 6.07) is 7.36. The smallest absolute Gasteiger partial charge is 0.273 e. The molecule has 1 heterocycles. The molecule has 1 aliphatic heterocycles. The molecule has 5 nitrogen and oxygen atoms in total. The van der Waals surface area contributed by atoms with Gasteiger partial charge in [0.25, 0.3) is 5.69 Å². The first-order valence-electron chi connectivity index (χ1n) is 6.35. The van der Waals surface area contributed by atoms with Crippen molar-refractivity contribution in [2.45, 2.75) is 25.9 Å². The largest absolute Gasteiger partial charge is 0.316 e. The second-order valence-corrected chi connectivity index (χ2v) is 4.84. The van der Waals surface area contributed by atoms with E-state index in [1.807, 2.05) is 12.1 Å². The third-order valence-electron chi connectivity index (χ3n) is 3.53. The average Bonchev–Trinajstić information content (AvgIpc) is 2.38. The van der Waals surface area contributed by atoms with E-state index in [0.717, 1.165) is 25.1 Å². The normalized spacial score (nSPS) is 23.8. The molecule has 98 valence electrons. The quantitative estimate of drug-likeness (QED) is 0.629. The van der Waals surface area contributed by atoms with Crippen LogP contribution in [-0.4, -0.2) is 24.1 Å². The molecule has 2 N–H and O–H groups in total. The van der Waals surface area contributed by atoms with Crippen LogP contribution in [-0.2, 0) is 6.54 Å². The molecule has 0 bridgehead atoms. The van der Waals surface area contributed by atoms with Crippen molar-refractivity contribution in [2.75, 3.05) is 13.1 Å². The first-order chi connectivity index (χ1) is 8.68. The van der Waals surface area contributed by atoms with Crippen molar-refractivity contribution >= 4 is 5.69 Å². The van der Waals surface area contributed by atoms with Crippen LogP contribution in [0.5, 0.6) is 0 Å². The molecule has 2 rings (SSSR count). The van der Waals surface area contributed by atoms with E-state index in [-0.39, 0.29) is 10.6 Å². The molecule has 0 radical (unpaired) electrons. The summed E-state index contributed by atoms with van der Waals surface area (Å²) < 4.78 is 0. The first-order valence-corrected chi connectivity index (χ1v) is 6.35. The van der Waals surface area contributed by atoms with Crippen LogP contribution in [0.1, 0.15) is 18.9 Å². The van der Waals surface area contributed by atoms with E-state index >= 15 is 0 Å². The Labute approximate surface area is 107 Å². The molecule has 1 saturated heterocycles. The molecule has 0 saturated carbocycles. The Balaban J connectivity index is 1.99. The van der Waals surface area contributed by atoms with Crippen LogP contribution in [0.4, 0.5) is 5.69 Å². The Bertz CT molecular complexity index is 422. The van der Waals surface area contributed by atoms with Crippen LogP contribution in [0.25, 0.3) is 0 Å². The highest BCUT2D eigenvalue weighted by Crippen LogP contribution is 2.18. The summed E-state index contributed by atoms with van der Waals surface area (Å²) in [6.07, 6.45) is 1.07. The van der Waals surface area contributed by atoms with Crippen LogP contribution in [0.15, 0.2) is 24.3 Å². The van der Waals surface area contributed by atoms with Gasteiger partial charge in [-0.1, -0.05) is 25.1 Å². The van der Waals surface area contributed by atoms with Crippen molar-refractivity contribution in [1.82, 2.24) is 10.6 Å². The highest BCUT2D eigenvalue weighted by Gasteiger charge is 2.21.